The summed E-state index contributed by atoms with van der Waals surface area (Å²) in [6.07, 6.45) is 6.19. The molecule has 1 saturated carbocycles. The number of phenols is 1. The number of ether oxygens (including phenoxy) is 2. The number of carbonyl (C=O) groups is 1. The monoisotopic (exact) mass is 290 g/mol. The van der Waals surface area contributed by atoms with Gasteiger partial charge in [-0.1, -0.05) is 6.42 Å². The van der Waals surface area contributed by atoms with Crippen molar-refractivity contribution in [2.24, 2.45) is 0 Å². The second-order valence-electron chi connectivity index (χ2n) is 6.66. The molecule has 0 atom stereocenters. The molecule has 0 spiro atoms. The summed E-state index contributed by atoms with van der Waals surface area (Å²) in [5.41, 5.74) is -0.259. The quantitative estimate of drug-likeness (QED) is 0.899. The van der Waals surface area contributed by atoms with Crippen molar-refractivity contribution in [2.45, 2.75) is 64.1 Å². The van der Waals surface area contributed by atoms with Gasteiger partial charge < -0.3 is 14.6 Å². The fourth-order valence-electron chi connectivity index (χ4n) is 3.19. The molecule has 0 aromatic heterocycles. The Kier molecular flexibility index (Phi) is 3.56. The van der Waals surface area contributed by atoms with Gasteiger partial charge in [0.05, 0.1) is 12.5 Å². The maximum absolute atomic E-state index is 12.1. The Labute approximate surface area is 125 Å². The average Bonchev–Trinajstić information content (AvgIpc) is 2.37. The van der Waals surface area contributed by atoms with Crippen LogP contribution in [0.4, 0.5) is 0 Å². The number of fused-ring (bicyclic) bond motifs is 1. The number of hydrogen-bond acceptors (Lipinski definition) is 4. The van der Waals surface area contributed by atoms with Crippen LogP contribution in [0, 0.1) is 0 Å². The molecule has 0 bridgehead atoms. The predicted octanol–water partition coefficient (Wildman–Crippen LogP) is 3.85. The van der Waals surface area contributed by atoms with Crippen molar-refractivity contribution in [3.05, 3.63) is 17.7 Å². The molecule has 1 aliphatic heterocycles. The first-order chi connectivity index (χ1) is 9.94. The maximum atomic E-state index is 12.1. The number of ketones is 1. The average molecular weight is 290 g/mol. The van der Waals surface area contributed by atoms with Gasteiger partial charge in [-0.15, -0.1) is 0 Å². The van der Waals surface area contributed by atoms with Gasteiger partial charge in [0.25, 0.3) is 0 Å². The highest BCUT2D eigenvalue weighted by Gasteiger charge is 2.35. The zero-order chi connectivity index (χ0) is 15.0. The number of phenolic OH excluding ortho intramolecular Hbond substituents is 1. The molecule has 3 rings (SSSR count). The number of rotatable bonds is 2. The third-order valence-corrected chi connectivity index (χ3v) is 4.16. The summed E-state index contributed by atoms with van der Waals surface area (Å²) in [6.45, 7) is 3.75. The van der Waals surface area contributed by atoms with Crippen LogP contribution < -0.4 is 9.47 Å². The molecule has 1 aromatic carbocycles. The topological polar surface area (TPSA) is 55.8 Å². The van der Waals surface area contributed by atoms with E-state index in [1.54, 1.807) is 6.07 Å². The number of Topliss-reactive ketones (excluding diaryl/α,β-unsaturated/α-hetero) is 1. The Bertz CT molecular complexity index is 556. The van der Waals surface area contributed by atoms with E-state index < -0.39 is 5.60 Å². The van der Waals surface area contributed by atoms with E-state index in [-0.39, 0.29) is 29.6 Å². The number of benzene rings is 1. The highest BCUT2D eigenvalue weighted by atomic mass is 16.5. The minimum atomic E-state index is -0.542. The molecule has 4 heteroatoms. The highest BCUT2D eigenvalue weighted by molar-refractivity contribution is 6.03. The lowest BCUT2D eigenvalue weighted by Gasteiger charge is -2.32. The lowest BCUT2D eigenvalue weighted by Crippen LogP contribution is -2.36. The smallest absolute Gasteiger partial charge is 0.174 e. The van der Waals surface area contributed by atoms with Gasteiger partial charge >= 0.3 is 0 Å². The second kappa shape index (κ2) is 5.24. The first-order valence-electron chi connectivity index (χ1n) is 7.70. The third kappa shape index (κ3) is 2.99. The lowest BCUT2D eigenvalue weighted by molar-refractivity contribution is 0.0610. The van der Waals surface area contributed by atoms with E-state index in [4.69, 9.17) is 9.47 Å². The van der Waals surface area contributed by atoms with Crippen LogP contribution in [-0.2, 0) is 0 Å². The summed E-state index contributed by atoms with van der Waals surface area (Å²) in [6, 6.07) is 3.27. The SMILES string of the molecule is CC1(C)CC(=O)c2c(O)cc(OC3CCCCC3)cc2O1. The molecule has 1 aliphatic carbocycles. The Morgan fingerprint density at radius 2 is 1.95 bits per heavy atom. The fraction of sp³-hybridized carbons (Fsp3) is 0.588. The molecule has 21 heavy (non-hydrogen) atoms. The van der Waals surface area contributed by atoms with Crippen molar-refractivity contribution in [3.63, 3.8) is 0 Å². The van der Waals surface area contributed by atoms with Crippen LogP contribution in [0.3, 0.4) is 0 Å². The molecule has 1 aromatic rings. The van der Waals surface area contributed by atoms with Crippen LogP contribution in [0.5, 0.6) is 17.2 Å². The minimum absolute atomic E-state index is 0.0428. The molecular formula is C17H22O4. The van der Waals surface area contributed by atoms with Crippen LogP contribution in [-0.4, -0.2) is 22.6 Å². The van der Waals surface area contributed by atoms with Crippen molar-refractivity contribution < 1.29 is 19.4 Å². The van der Waals surface area contributed by atoms with Gasteiger partial charge in [-0.3, -0.25) is 4.79 Å². The summed E-state index contributed by atoms with van der Waals surface area (Å²) in [7, 11) is 0. The van der Waals surface area contributed by atoms with Crippen molar-refractivity contribution in [1.82, 2.24) is 0 Å². The summed E-state index contributed by atoms with van der Waals surface area (Å²) in [5.74, 6) is 0.896. The first-order valence-corrected chi connectivity index (χ1v) is 7.70. The molecule has 1 fully saturated rings. The van der Waals surface area contributed by atoms with Crippen LogP contribution >= 0.6 is 0 Å². The van der Waals surface area contributed by atoms with Crippen LogP contribution in [0.25, 0.3) is 0 Å². The molecule has 0 saturated heterocycles. The fourth-order valence-corrected chi connectivity index (χ4v) is 3.19. The van der Waals surface area contributed by atoms with Crippen molar-refractivity contribution in [2.75, 3.05) is 0 Å². The molecule has 2 aliphatic rings. The predicted molar refractivity (Wildman–Crippen MR) is 79.3 cm³/mol. The number of carbonyl (C=O) groups excluding carboxylic acids is 1. The summed E-state index contributed by atoms with van der Waals surface area (Å²) in [5, 5.41) is 10.1. The van der Waals surface area contributed by atoms with E-state index in [1.165, 1.54) is 25.3 Å². The molecule has 114 valence electrons. The van der Waals surface area contributed by atoms with Gasteiger partial charge in [0, 0.05) is 12.1 Å². The molecule has 4 nitrogen and oxygen atoms in total. The Balaban J connectivity index is 1.87. The van der Waals surface area contributed by atoms with E-state index in [0.29, 0.717) is 11.5 Å². The number of aromatic hydroxyl groups is 1. The summed E-state index contributed by atoms with van der Waals surface area (Å²) in [4.78, 5) is 12.1. The van der Waals surface area contributed by atoms with Crippen LogP contribution in [0.2, 0.25) is 0 Å². The lowest BCUT2D eigenvalue weighted by atomic mass is 9.92. The van der Waals surface area contributed by atoms with Gasteiger partial charge in [0.15, 0.2) is 5.78 Å². The molecule has 1 N–H and O–H groups in total. The molecule has 1 heterocycles. The Morgan fingerprint density at radius 3 is 2.67 bits per heavy atom. The van der Waals surface area contributed by atoms with E-state index in [1.807, 2.05) is 13.8 Å². The largest absolute Gasteiger partial charge is 0.507 e. The van der Waals surface area contributed by atoms with E-state index >= 15 is 0 Å². The zero-order valence-electron chi connectivity index (χ0n) is 12.6. The van der Waals surface area contributed by atoms with Crippen LogP contribution in [0.1, 0.15) is 62.7 Å². The summed E-state index contributed by atoms with van der Waals surface area (Å²) >= 11 is 0. The summed E-state index contributed by atoms with van der Waals surface area (Å²) < 4.78 is 11.8. The second-order valence-corrected chi connectivity index (χ2v) is 6.66. The Hall–Kier alpha value is -1.71. The minimum Gasteiger partial charge on any atom is -0.507 e. The van der Waals surface area contributed by atoms with E-state index in [9.17, 15) is 9.90 Å². The van der Waals surface area contributed by atoms with Gasteiger partial charge in [-0.25, -0.2) is 0 Å². The molecule has 0 radical (unpaired) electrons. The van der Waals surface area contributed by atoms with Gasteiger partial charge in [-0.05, 0) is 39.5 Å². The zero-order valence-corrected chi connectivity index (χ0v) is 12.6. The van der Waals surface area contributed by atoms with Gasteiger partial charge in [0.2, 0.25) is 0 Å². The van der Waals surface area contributed by atoms with Crippen molar-refractivity contribution in [1.29, 1.82) is 0 Å². The highest BCUT2D eigenvalue weighted by Crippen LogP contribution is 2.41. The standard InChI is InChI=1S/C17H22O4/c1-17(2)10-14(19)16-13(18)8-12(9-15(16)21-17)20-11-6-4-3-5-7-11/h8-9,11,18H,3-7,10H2,1-2H3. The Morgan fingerprint density at radius 1 is 1.24 bits per heavy atom. The van der Waals surface area contributed by atoms with E-state index in [0.717, 1.165) is 12.8 Å². The molecule has 0 amide bonds. The molecular weight excluding hydrogens is 268 g/mol. The van der Waals surface area contributed by atoms with Crippen LogP contribution in [0.15, 0.2) is 12.1 Å². The van der Waals surface area contributed by atoms with Crippen molar-refractivity contribution in [3.8, 4) is 17.2 Å². The number of hydrogen-bond donors (Lipinski definition) is 1. The third-order valence-electron chi connectivity index (χ3n) is 4.16. The van der Waals surface area contributed by atoms with E-state index in [2.05, 4.69) is 0 Å². The maximum Gasteiger partial charge on any atom is 0.174 e. The normalized spacial score (nSPS) is 21.5. The van der Waals surface area contributed by atoms with Crippen molar-refractivity contribution >= 4 is 5.78 Å². The van der Waals surface area contributed by atoms with Gasteiger partial charge in [-0.2, -0.15) is 0 Å². The molecule has 0 unspecified atom stereocenters. The van der Waals surface area contributed by atoms with Gasteiger partial charge in [0.1, 0.15) is 28.4 Å². The first kappa shape index (κ1) is 14.2.